The predicted octanol–water partition coefficient (Wildman–Crippen LogP) is 5.32. The molecule has 3 aromatic rings. The van der Waals surface area contributed by atoms with Gasteiger partial charge in [0, 0.05) is 5.92 Å². The molecule has 0 unspecified atom stereocenters. The van der Waals surface area contributed by atoms with Crippen LogP contribution in [0.4, 0.5) is 0 Å². The lowest BCUT2D eigenvalue weighted by molar-refractivity contribution is 0.0653. The van der Waals surface area contributed by atoms with E-state index in [2.05, 4.69) is 0 Å². The fourth-order valence-corrected chi connectivity index (χ4v) is 4.40. The molecule has 2 aromatic heterocycles. The van der Waals surface area contributed by atoms with Crippen molar-refractivity contribution in [2.45, 2.75) is 25.3 Å². The summed E-state index contributed by atoms with van der Waals surface area (Å²) >= 11 is 0. The summed E-state index contributed by atoms with van der Waals surface area (Å²) < 4.78 is 16.7. The van der Waals surface area contributed by atoms with Gasteiger partial charge in [-0.05, 0) is 67.3 Å². The Kier molecular flexibility index (Phi) is 4.75. The number of rotatable bonds is 4. The summed E-state index contributed by atoms with van der Waals surface area (Å²) in [4.78, 5) is 13.6. The summed E-state index contributed by atoms with van der Waals surface area (Å²) in [5.74, 6) is 1.93. The maximum absolute atomic E-state index is 13.6. The van der Waals surface area contributed by atoms with Crippen molar-refractivity contribution in [3.63, 3.8) is 0 Å². The molecule has 1 fully saturated rings. The van der Waals surface area contributed by atoms with E-state index in [1.54, 1.807) is 36.8 Å². The molecule has 1 saturated carbocycles. The molecule has 0 saturated heterocycles. The molecular weight excluding hydrogens is 380 g/mol. The summed E-state index contributed by atoms with van der Waals surface area (Å²) in [7, 11) is 1.57. The highest BCUT2D eigenvalue weighted by Crippen LogP contribution is 2.45. The lowest BCUT2D eigenvalue weighted by Gasteiger charge is -2.28. The van der Waals surface area contributed by atoms with Crippen molar-refractivity contribution in [1.82, 2.24) is 5.01 Å². The Morgan fingerprint density at radius 2 is 1.97 bits per heavy atom. The monoisotopic (exact) mass is 402 g/mol. The number of hydrogen-bond acceptors (Lipinski definition) is 5. The van der Waals surface area contributed by atoms with Crippen molar-refractivity contribution in [2.75, 3.05) is 7.11 Å². The van der Waals surface area contributed by atoms with Gasteiger partial charge in [-0.1, -0.05) is 12.1 Å². The molecule has 0 bridgehead atoms. The maximum atomic E-state index is 13.6. The third kappa shape index (κ3) is 3.14. The second kappa shape index (κ2) is 7.71. The average molecular weight is 402 g/mol. The second-order valence-electron chi connectivity index (χ2n) is 7.48. The van der Waals surface area contributed by atoms with Crippen molar-refractivity contribution >= 4 is 17.7 Å². The lowest BCUT2D eigenvalue weighted by atomic mass is 9.79. The Labute approximate surface area is 174 Å². The number of fused-ring (bicyclic) bond motifs is 1. The van der Waals surface area contributed by atoms with E-state index in [-0.39, 0.29) is 17.9 Å². The lowest BCUT2D eigenvalue weighted by Crippen LogP contribution is -2.31. The zero-order valence-corrected chi connectivity index (χ0v) is 16.7. The van der Waals surface area contributed by atoms with Crippen LogP contribution < -0.4 is 4.74 Å². The maximum Gasteiger partial charge on any atom is 0.278 e. The molecule has 3 heterocycles. The van der Waals surface area contributed by atoms with E-state index in [1.165, 1.54) is 0 Å². The molecule has 0 spiro atoms. The van der Waals surface area contributed by atoms with Gasteiger partial charge in [-0.2, -0.15) is 5.10 Å². The van der Waals surface area contributed by atoms with Crippen LogP contribution in [-0.4, -0.2) is 23.7 Å². The van der Waals surface area contributed by atoms with Gasteiger partial charge in [-0.3, -0.25) is 4.79 Å². The largest absolute Gasteiger partial charge is 0.496 e. The van der Waals surface area contributed by atoms with Gasteiger partial charge in [-0.25, -0.2) is 5.01 Å². The highest BCUT2D eigenvalue weighted by molar-refractivity contribution is 6.09. The Bertz CT molecular complexity index is 1100. The van der Waals surface area contributed by atoms with E-state index in [4.69, 9.17) is 18.7 Å². The first-order chi connectivity index (χ1) is 14.8. The number of amides is 1. The number of furan rings is 2. The van der Waals surface area contributed by atoms with E-state index in [0.717, 1.165) is 42.1 Å². The van der Waals surface area contributed by atoms with Crippen LogP contribution in [0.3, 0.4) is 0 Å². The van der Waals surface area contributed by atoms with E-state index in [1.807, 2.05) is 42.5 Å². The SMILES string of the molecule is COc1ccccc1C(=O)N1N=C2/C(=C/c3ccco3)CCC[C@@H]2[C@H]1c1ccco1. The molecule has 1 aliphatic heterocycles. The average Bonchev–Trinajstić information content (AvgIpc) is 3.53. The predicted molar refractivity (Wildman–Crippen MR) is 112 cm³/mol. The van der Waals surface area contributed by atoms with E-state index in [9.17, 15) is 4.79 Å². The van der Waals surface area contributed by atoms with Crippen molar-refractivity contribution in [3.05, 3.63) is 83.7 Å². The number of para-hydroxylation sites is 1. The number of carbonyl (C=O) groups excluding carboxylic acids is 1. The number of benzene rings is 1. The topological polar surface area (TPSA) is 68.2 Å². The Morgan fingerprint density at radius 1 is 1.13 bits per heavy atom. The van der Waals surface area contributed by atoms with Crippen molar-refractivity contribution in [3.8, 4) is 5.75 Å². The number of hydrazone groups is 1. The van der Waals surface area contributed by atoms with Gasteiger partial charge < -0.3 is 13.6 Å². The van der Waals surface area contributed by atoms with Crippen LogP contribution in [0.5, 0.6) is 5.75 Å². The van der Waals surface area contributed by atoms with E-state index in [0.29, 0.717) is 11.3 Å². The number of hydrogen-bond donors (Lipinski definition) is 0. The van der Waals surface area contributed by atoms with Gasteiger partial charge >= 0.3 is 0 Å². The first-order valence-corrected chi connectivity index (χ1v) is 10.1. The number of methoxy groups -OCH3 is 1. The van der Waals surface area contributed by atoms with Gasteiger partial charge in [-0.15, -0.1) is 0 Å². The molecule has 1 amide bonds. The fourth-order valence-electron chi connectivity index (χ4n) is 4.40. The Hall–Kier alpha value is -3.54. The summed E-state index contributed by atoms with van der Waals surface area (Å²) in [6.07, 6.45) is 8.19. The standard InChI is InChI=1S/C24H22N2O4/c1-28-20-11-3-2-9-18(20)24(27)26-23(21-12-6-14-30-21)19-10-4-7-16(22(19)25-26)15-17-8-5-13-29-17/h2-3,5-6,8-9,11-15,19,23H,4,7,10H2,1H3/b16-15+/t19-,23-/m0/s1. The zero-order chi connectivity index (χ0) is 20.5. The summed E-state index contributed by atoms with van der Waals surface area (Å²) in [6, 6.07) is 14.5. The summed E-state index contributed by atoms with van der Waals surface area (Å²) in [6.45, 7) is 0. The van der Waals surface area contributed by atoms with Crippen LogP contribution >= 0.6 is 0 Å². The van der Waals surface area contributed by atoms with Crippen LogP contribution in [0, 0.1) is 5.92 Å². The third-order valence-electron chi connectivity index (χ3n) is 5.74. The molecule has 0 N–H and O–H groups in total. The molecule has 1 aliphatic carbocycles. The van der Waals surface area contributed by atoms with Gasteiger partial charge in [0.2, 0.25) is 0 Å². The van der Waals surface area contributed by atoms with E-state index < -0.39 is 0 Å². The van der Waals surface area contributed by atoms with Crippen molar-refractivity contribution in [2.24, 2.45) is 11.0 Å². The third-order valence-corrected chi connectivity index (χ3v) is 5.74. The van der Waals surface area contributed by atoms with Crippen LogP contribution in [-0.2, 0) is 0 Å². The first-order valence-electron chi connectivity index (χ1n) is 10.1. The van der Waals surface area contributed by atoms with Crippen molar-refractivity contribution in [1.29, 1.82) is 0 Å². The molecule has 6 nitrogen and oxygen atoms in total. The van der Waals surface area contributed by atoms with Crippen LogP contribution in [0.2, 0.25) is 0 Å². The molecule has 152 valence electrons. The van der Waals surface area contributed by atoms with Gasteiger partial charge in [0.1, 0.15) is 23.3 Å². The van der Waals surface area contributed by atoms with E-state index >= 15 is 0 Å². The minimum absolute atomic E-state index is 0.0739. The number of ether oxygens (including phenoxy) is 1. The van der Waals surface area contributed by atoms with Gasteiger partial charge in [0.25, 0.3) is 5.91 Å². The molecule has 2 atom stereocenters. The molecular formula is C24H22N2O4. The Balaban J connectivity index is 1.59. The highest BCUT2D eigenvalue weighted by Gasteiger charge is 2.45. The number of allylic oxidation sites excluding steroid dienone is 1. The normalized spacial score (nSPS) is 22.1. The molecule has 2 aliphatic rings. The molecule has 1 aromatic carbocycles. The Morgan fingerprint density at radius 3 is 2.73 bits per heavy atom. The minimum atomic E-state index is -0.285. The van der Waals surface area contributed by atoms with Gasteiger partial charge in [0.05, 0.1) is 30.9 Å². The smallest absolute Gasteiger partial charge is 0.278 e. The minimum Gasteiger partial charge on any atom is -0.496 e. The van der Waals surface area contributed by atoms with Crippen LogP contribution in [0.15, 0.2) is 80.6 Å². The molecule has 0 radical (unpaired) electrons. The number of carbonyl (C=O) groups is 1. The zero-order valence-electron chi connectivity index (χ0n) is 16.7. The number of nitrogens with zero attached hydrogens (tertiary/aromatic N) is 2. The fraction of sp³-hybridized carbons (Fsp3) is 0.250. The quantitative estimate of drug-likeness (QED) is 0.592. The molecule has 30 heavy (non-hydrogen) atoms. The molecule has 5 rings (SSSR count). The van der Waals surface area contributed by atoms with Gasteiger partial charge in [0.15, 0.2) is 0 Å². The van der Waals surface area contributed by atoms with Crippen LogP contribution in [0.1, 0.15) is 47.2 Å². The summed E-state index contributed by atoms with van der Waals surface area (Å²) in [5.41, 5.74) is 2.52. The van der Waals surface area contributed by atoms with Crippen LogP contribution in [0.25, 0.3) is 6.08 Å². The highest BCUT2D eigenvalue weighted by atomic mass is 16.5. The first kappa shape index (κ1) is 18.5. The van der Waals surface area contributed by atoms with Crippen molar-refractivity contribution < 1.29 is 18.4 Å². The second-order valence-corrected chi connectivity index (χ2v) is 7.48. The summed E-state index contributed by atoms with van der Waals surface area (Å²) in [5, 5.41) is 6.40. The molecule has 6 heteroatoms.